The molecular weight excluding hydrogens is 188 g/mol. The van der Waals surface area contributed by atoms with Gasteiger partial charge in [-0.15, -0.1) is 0 Å². The molecule has 0 amide bonds. The number of oxazole rings is 1. The van der Waals surface area contributed by atoms with Crippen molar-refractivity contribution in [1.29, 1.82) is 0 Å². The van der Waals surface area contributed by atoms with Crippen molar-refractivity contribution in [3.63, 3.8) is 0 Å². The number of nitrogens with two attached hydrogens (primary N) is 1. The van der Waals surface area contributed by atoms with Gasteiger partial charge in [0, 0.05) is 12.0 Å². The van der Waals surface area contributed by atoms with Gasteiger partial charge in [0.05, 0.1) is 0 Å². The van der Waals surface area contributed by atoms with E-state index in [0.29, 0.717) is 6.54 Å². The van der Waals surface area contributed by atoms with Crippen LogP contribution in [-0.4, -0.2) is 4.98 Å². The maximum absolute atomic E-state index is 5.71. The lowest BCUT2D eigenvalue weighted by atomic mass is 9.97. The Morgan fingerprint density at radius 2 is 2.07 bits per heavy atom. The van der Waals surface area contributed by atoms with Gasteiger partial charge in [-0.3, -0.25) is 0 Å². The van der Waals surface area contributed by atoms with Gasteiger partial charge in [-0.05, 0) is 17.7 Å². The summed E-state index contributed by atoms with van der Waals surface area (Å²) >= 11 is 0. The molecule has 0 saturated heterocycles. The molecule has 0 aliphatic carbocycles. The zero-order chi connectivity index (χ0) is 11.1. The predicted octanol–water partition coefficient (Wildman–Crippen LogP) is 2.58. The molecule has 0 aliphatic rings. The minimum atomic E-state index is -0.0537. The smallest absolute Gasteiger partial charge is 0.200 e. The zero-order valence-corrected chi connectivity index (χ0v) is 9.37. The van der Waals surface area contributed by atoms with Crippen molar-refractivity contribution >= 4 is 11.1 Å². The lowest BCUT2D eigenvalue weighted by molar-refractivity contribution is 0.411. The molecule has 2 rings (SSSR count). The lowest BCUT2D eigenvalue weighted by Crippen LogP contribution is -2.10. The van der Waals surface area contributed by atoms with Crippen LogP contribution in [0.25, 0.3) is 11.1 Å². The molecule has 0 saturated carbocycles. The number of fused-ring (bicyclic) bond motifs is 1. The lowest BCUT2D eigenvalue weighted by Gasteiger charge is -2.11. The third-order valence-electron chi connectivity index (χ3n) is 2.33. The fraction of sp³-hybridized carbons (Fsp3) is 0.417. The summed E-state index contributed by atoms with van der Waals surface area (Å²) < 4.78 is 5.71. The number of benzene rings is 1. The van der Waals surface area contributed by atoms with Crippen LogP contribution >= 0.6 is 0 Å². The first kappa shape index (κ1) is 10.2. The highest BCUT2D eigenvalue weighted by Gasteiger charge is 2.20. The highest BCUT2D eigenvalue weighted by atomic mass is 16.3. The minimum absolute atomic E-state index is 0.0537. The van der Waals surface area contributed by atoms with Crippen LogP contribution in [0.5, 0.6) is 0 Å². The Morgan fingerprint density at radius 1 is 1.33 bits per heavy atom. The second kappa shape index (κ2) is 3.35. The topological polar surface area (TPSA) is 52.0 Å². The van der Waals surface area contributed by atoms with Crippen molar-refractivity contribution in [1.82, 2.24) is 4.98 Å². The summed E-state index contributed by atoms with van der Waals surface area (Å²) in [7, 11) is 0. The Bertz CT molecular complexity index is 480. The van der Waals surface area contributed by atoms with Gasteiger partial charge in [0.15, 0.2) is 5.58 Å². The van der Waals surface area contributed by atoms with Crippen LogP contribution in [-0.2, 0) is 12.0 Å². The fourth-order valence-electron chi connectivity index (χ4n) is 1.42. The molecule has 0 aliphatic heterocycles. The zero-order valence-electron chi connectivity index (χ0n) is 9.37. The van der Waals surface area contributed by atoms with E-state index < -0.39 is 0 Å². The molecule has 0 fully saturated rings. The normalized spacial score (nSPS) is 12.3. The van der Waals surface area contributed by atoms with Crippen molar-refractivity contribution in [3.8, 4) is 0 Å². The first-order valence-corrected chi connectivity index (χ1v) is 5.11. The first-order chi connectivity index (χ1) is 7.00. The Morgan fingerprint density at radius 3 is 2.67 bits per heavy atom. The number of nitrogens with zero attached hydrogens (tertiary/aromatic N) is 1. The van der Waals surface area contributed by atoms with Crippen molar-refractivity contribution in [2.45, 2.75) is 32.7 Å². The number of aromatic nitrogens is 1. The van der Waals surface area contributed by atoms with Crippen LogP contribution in [0.15, 0.2) is 22.6 Å². The number of hydrogen-bond donors (Lipinski definition) is 1. The van der Waals surface area contributed by atoms with Gasteiger partial charge in [-0.25, -0.2) is 4.98 Å². The van der Waals surface area contributed by atoms with E-state index in [9.17, 15) is 0 Å². The fourth-order valence-corrected chi connectivity index (χ4v) is 1.42. The molecule has 15 heavy (non-hydrogen) atoms. The largest absolute Gasteiger partial charge is 0.440 e. The van der Waals surface area contributed by atoms with E-state index >= 15 is 0 Å². The van der Waals surface area contributed by atoms with Gasteiger partial charge >= 0.3 is 0 Å². The molecule has 0 atom stereocenters. The Kier molecular flexibility index (Phi) is 2.27. The van der Waals surface area contributed by atoms with Gasteiger partial charge in [0.1, 0.15) is 5.52 Å². The minimum Gasteiger partial charge on any atom is -0.440 e. The van der Waals surface area contributed by atoms with Crippen LogP contribution in [0, 0.1) is 0 Å². The van der Waals surface area contributed by atoms with Gasteiger partial charge in [-0.2, -0.15) is 0 Å². The van der Waals surface area contributed by atoms with Gasteiger partial charge < -0.3 is 10.2 Å². The SMILES string of the molecule is CC(C)(C)c1nc2ccc(CN)cc2o1. The van der Waals surface area contributed by atoms with Crippen LogP contribution < -0.4 is 5.73 Å². The van der Waals surface area contributed by atoms with Crippen LogP contribution in [0.2, 0.25) is 0 Å². The summed E-state index contributed by atoms with van der Waals surface area (Å²) in [5.41, 5.74) is 8.31. The monoisotopic (exact) mass is 204 g/mol. The predicted molar refractivity (Wildman–Crippen MR) is 60.6 cm³/mol. The number of rotatable bonds is 1. The standard InChI is InChI=1S/C12H16N2O/c1-12(2,3)11-14-9-5-4-8(7-13)6-10(9)15-11/h4-6H,7,13H2,1-3H3. The third kappa shape index (κ3) is 1.88. The highest BCUT2D eigenvalue weighted by molar-refractivity contribution is 5.73. The molecule has 0 unspecified atom stereocenters. The average Bonchev–Trinajstić information content (AvgIpc) is 2.59. The molecule has 0 bridgehead atoms. The van der Waals surface area contributed by atoms with Crippen molar-refractivity contribution in [3.05, 3.63) is 29.7 Å². The molecule has 1 aromatic carbocycles. The second-order valence-electron chi connectivity index (χ2n) is 4.78. The van der Waals surface area contributed by atoms with E-state index in [-0.39, 0.29) is 5.41 Å². The van der Waals surface area contributed by atoms with Crippen LogP contribution in [0.4, 0.5) is 0 Å². The quantitative estimate of drug-likeness (QED) is 0.776. The van der Waals surface area contributed by atoms with Crippen LogP contribution in [0.1, 0.15) is 32.2 Å². The van der Waals surface area contributed by atoms with E-state index in [1.807, 2.05) is 18.2 Å². The Balaban J connectivity index is 2.56. The molecular formula is C12H16N2O. The molecule has 2 N–H and O–H groups in total. The van der Waals surface area contributed by atoms with E-state index in [0.717, 1.165) is 22.6 Å². The van der Waals surface area contributed by atoms with Crippen molar-refractivity contribution < 1.29 is 4.42 Å². The van der Waals surface area contributed by atoms with Crippen LogP contribution in [0.3, 0.4) is 0 Å². The maximum atomic E-state index is 5.71. The second-order valence-corrected chi connectivity index (χ2v) is 4.78. The van der Waals surface area contributed by atoms with Crippen molar-refractivity contribution in [2.75, 3.05) is 0 Å². The Hall–Kier alpha value is -1.35. The number of hydrogen-bond acceptors (Lipinski definition) is 3. The molecule has 1 aromatic heterocycles. The van der Waals surface area contributed by atoms with Gasteiger partial charge in [-0.1, -0.05) is 26.8 Å². The summed E-state index contributed by atoms with van der Waals surface area (Å²) in [6, 6.07) is 5.89. The highest BCUT2D eigenvalue weighted by Crippen LogP contribution is 2.26. The maximum Gasteiger partial charge on any atom is 0.200 e. The molecule has 2 aromatic rings. The molecule has 0 radical (unpaired) electrons. The molecule has 80 valence electrons. The molecule has 3 heteroatoms. The summed E-state index contributed by atoms with van der Waals surface area (Å²) in [6.07, 6.45) is 0. The van der Waals surface area contributed by atoms with Gasteiger partial charge in [0.2, 0.25) is 5.89 Å². The molecule has 3 nitrogen and oxygen atoms in total. The Labute approximate surface area is 89.3 Å². The third-order valence-corrected chi connectivity index (χ3v) is 2.33. The summed E-state index contributed by atoms with van der Waals surface area (Å²) in [5.74, 6) is 0.770. The molecule has 0 spiro atoms. The van der Waals surface area contributed by atoms with E-state index in [1.54, 1.807) is 0 Å². The summed E-state index contributed by atoms with van der Waals surface area (Å²) in [4.78, 5) is 4.45. The van der Waals surface area contributed by atoms with E-state index in [2.05, 4.69) is 25.8 Å². The summed E-state index contributed by atoms with van der Waals surface area (Å²) in [5, 5.41) is 0. The first-order valence-electron chi connectivity index (χ1n) is 5.11. The van der Waals surface area contributed by atoms with Gasteiger partial charge in [0.25, 0.3) is 0 Å². The average molecular weight is 204 g/mol. The summed E-state index contributed by atoms with van der Waals surface area (Å²) in [6.45, 7) is 6.78. The van der Waals surface area contributed by atoms with E-state index in [4.69, 9.17) is 10.2 Å². The molecule has 1 heterocycles. The van der Waals surface area contributed by atoms with Crippen molar-refractivity contribution in [2.24, 2.45) is 5.73 Å². The van der Waals surface area contributed by atoms with E-state index in [1.165, 1.54) is 0 Å².